The number of carbonyl (C=O) groups excluding carboxylic acids is 2. The number of phosphoric acid groups is 1. The van der Waals surface area contributed by atoms with Crippen LogP contribution in [-0.4, -0.2) is 65.7 Å². The van der Waals surface area contributed by atoms with E-state index in [2.05, 4.69) is 97.4 Å². The van der Waals surface area contributed by atoms with Crippen LogP contribution in [0.25, 0.3) is 0 Å². The molecule has 324 valence electrons. The molecule has 0 aliphatic heterocycles. The van der Waals surface area contributed by atoms with E-state index in [-0.39, 0.29) is 19.4 Å². The molecule has 0 heterocycles. The molecule has 0 aromatic carbocycles. The average Bonchev–Trinajstić information content (AvgIpc) is 3.20. The molecule has 0 radical (unpaired) electrons. The van der Waals surface area contributed by atoms with E-state index >= 15 is 0 Å². The SMILES string of the molecule is CCCCC/C=C/C/C=C/C/C=C/C/C=C/CCCC(=O)OC[C@H](COP(=O)(O)OC[C@@H](O)CO)OC(=O)CCC/C=C/C/C=C/C/C=C/C/C=C/CCCCC. The largest absolute Gasteiger partial charge is 0.472 e. The highest BCUT2D eigenvalue weighted by Gasteiger charge is 2.27. The van der Waals surface area contributed by atoms with Gasteiger partial charge in [-0.25, -0.2) is 4.57 Å². The van der Waals surface area contributed by atoms with Crippen molar-refractivity contribution < 1.29 is 47.8 Å². The highest BCUT2D eigenvalue weighted by Crippen LogP contribution is 2.43. The van der Waals surface area contributed by atoms with Gasteiger partial charge >= 0.3 is 19.8 Å². The summed E-state index contributed by atoms with van der Waals surface area (Å²) in [6, 6.07) is 0. The molecule has 0 aliphatic carbocycles. The fourth-order valence-corrected chi connectivity index (χ4v) is 5.71. The molecule has 0 aromatic heterocycles. The highest BCUT2D eigenvalue weighted by molar-refractivity contribution is 7.47. The summed E-state index contributed by atoms with van der Waals surface area (Å²) in [5.74, 6) is -1.07. The van der Waals surface area contributed by atoms with Crippen LogP contribution in [0.15, 0.2) is 97.2 Å². The van der Waals surface area contributed by atoms with Gasteiger partial charge in [0.05, 0.1) is 19.8 Å². The zero-order valence-corrected chi connectivity index (χ0v) is 35.9. The van der Waals surface area contributed by atoms with Crippen molar-refractivity contribution in [2.75, 3.05) is 26.4 Å². The van der Waals surface area contributed by atoms with Gasteiger partial charge in [-0.2, -0.15) is 0 Å². The number of esters is 2. The summed E-state index contributed by atoms with van der Waals surface area (Å²) in [7, 11) is -4.65. The standard InChI is InChI=1S/C46H75O10P/c1-3-5-7-9-11-13-15-17-19-21-23-25-27-29-31-33-35-37-45(49)53-41-44(42-55-57(51,52)54-40-43(48)39-47)56-46(50)38-36-34-32-30-28-26-24-22-20-18-16-14-12-10-8-6-4-2/h11-14,17-20,23-26,29-32,43-44,47-48H,3-10,15-16,21-22,27-28,33-42H2,1-2H3,(H,51,52)/b13-11+,14-12+,19-17+,20-18+,25-23+,26-24+,31-29+,32-30+/t43-,44+/m0/s1. The molecule has 0 rings (SSSR count). The van der Waals surface area contributed by atoms with Crippen LogP contribution < -0.4 is 0 Å². The van der Waals surface area contributed by atoms with E-state index < -0.39 is 51.8 Å². The summed E-state index contributed by atoms with van der Waals surface area (Å²) >= 11 is 0. The molecule has 0 saturated heterocycles. The second-order valence-corrected chi connectivity index (χ2v) is 15.1. The Bertz CT molecular complexity index is 1260. The van der Waals surface area contributed by atoms with Gasteiger partial charge in [0.25, 0.3) is 0 Å². The molecule has 1 unspecified atom stereocenters. The summed E-state index contributed by atoms with van der Waals surface area (Å²) in [6.45, 7) is 2.17. The molecule has 0 spiro atoms. The molecule has 0 aliphatic rings. The molecule has 0 fully saturated rings. The maximum atomic E-state index is 12.6. The molecule has 0 amide bonds. The zero-order valence-electron chi connectivity index (χ0n) is 35.0. The molecule has 0 saturated carbocycles. The third-order valence-electron chi connectivity index (χ3n) is 8.21. The Labute approximate surface area is 344 Å². The minimum atomic E-state index is -4.65. The van der Waals surface area contributed by atoms with Gasteiger partial charge in [0.2, 0.25) is 0 Å². The monoisotopic (exact) mass is 819 g/mol. The van der Waals surface area contributed by atoms with Crippen molar-refractivity contribution in [3.05, 3.63) is 97.2 Å². The number of allylic oxidation sites excluding steroid dienone is 16. The van der Waals surface area contributed by atoms with Crippen LogP contribution in [0.1, 0.15) is 142 Å². The van der Waals surface area contributed by atoms with Crippen molar-refractivity contribution in [3.8, 4) is 0 Å². The van der Waals surface area contributed by atoms with E-state index in [9.17, 15) is 24.2 Å². The number of carbonyl (C=O) groups is 2. The van der Waals surface area contributed by atoms with Crippen LogP contribution >= 0.6 is 7.82 Å². The molecule has 57 heavy (non-hydrogen) atoms. The van der Waals surface area contributed by atoms with Gasteiger partial charge in [0.15, 0.2) is 6.10 Å². The van der Waals surface area contributed by atoms with Gasteiger partial charge in [0.1, 0.15) is 12.7 Å². The topological polar surface area (TPSA) is 149 Å². The van der Waals surface area contributed by atoms with Crippen molar-refractivity contribution in [1.29, 1.82) is 0 Å². The number of phosphoric ester groups is 1. The highest BCUT2D eigenvalue weighted by atomic mass is 31.2. The van der Waals surface area contributed by atoms with E-state index in [1.165, 1.54) is 38.5 Å². The third-order valence-corrected chi connectivity index (χ3v) is 9.16. The fourth-order valence-electron chi connectivity index (χ4n) is 4.92. The van der Waals surface area contributed by atoms with Crippen molar-refractivity contribution in [2.45, 2.75) is 154 Å². The van der Waals surface area contributed by atoms with Crippen LogP contribution in [0, 0.1) is 0 Å². The molecular formula is C46H75O10P. The van der Waals surface area contributed by atoms with Gasteiger partial charge < -0.3 is 24.6 Å². The van der Waals surface area contributed by atoms with Crippen molar-refractivity contribution in [2.24, 2.45) is 0 Å². The zero-order chi connectivity index (χ0) is 41.9. The smallest absolute Gasteiger partial charge is 0.462 e. The summed E-state index contributed by atoms with van der Waals surface area (Å²) in [4.78, 5) is 34.9. The van der Waals surface area contributed by atoms with E-state index in [4.69, 9.17) is 19.1 Å². The predicted molar refractivity (Wildman–Crippen MR) is 232 cm³/mol. The predicted octanol–water partition coefficient (Wildman–Crippen LogP) is 11.2. The van der Waals surface area contributed by atoms with Gasteiger partial charge in [-0.3, -0.25) is 18.6 Å². The normalized spacial score (nSPS) is 14.8. The summed E-state index contributed by atoms with van der Waals surface area (Å²) in [5.41, 5.74) is 0. The van der Waals surface area contributed by atoms with Crippen LogP contribution in [0.4, 0.5) is 0 Å². The molecule has 3 N–H and O–H groups in total. The molecule has 10 nitrogen and oxygen atoms in total. The lowest BCUT2D eigenvalue weighted by molar-refractivity contribution is -0.161. The second-order valence-electron chi connectivity index (χ2n) is 13.7. The minimum Gasteiger partial charge on any atom is -0.462 e. The lowest BCUT2D eigenvalue weighted by Gasteiger charge is -2.20. The van der Waals surface area contributed by atoms with Crippen molar-refractivity contribution in [3.63, 3.8) is 0 Å². The van der Waals surface area contributed by atoms with Gasteiger partial charge in [0, 0.05) is 12.8 Å². The first kappa shape index (κ1) is 53.9. The number of rotatable bonds is 38. The summed E-state index contributed by atoms with van der Waals surface area (Å²) < 4.78 is 32.6. The first-order valence-electron chi connectivity index (χ1n) is 21.2. The number of hydrogen-bond donors (Lipinski definition) is 3. The van der Waals surface area contributed by atoms with Crippen LogP contribution in [0.2, 0.25) is 0 Å². The Balaban J connectivity index is 4.53. The summed E-state index contributed by atoms with van der Waals surface area (Å²) in [5, 5.41) is 18.3. The van der Waals surface area contributed by atoms with Crippen LogP contribution in [0.3, 0.4) is 0 Å². The number of ether oxygens (including phenoxy) is 2. The number of aliphatic hydroxyl groups is 2. The van der Waals surface area contributed by atoms with Crippen molar-refractivity contribution >= 4 is 19.8 Å². The minimum absolute atomic E-state index is 0.0908. The van der Waals surface area contributed by atoms with E-state index in [0.717, 1.165) is 51.4 Å². The molecule has 11 heteroatoms. The first-order chi connectivity index (χ1) is 27.7. The Morgan fingerprint density at radius 1 is 0.526 bits per heavy atom. The van der Waals surface area contributed by atoms with Gasteiger partial charge in [-0.15, -0.1) is 0 Å². The average molecular weight is 819 g/mol. The maximum absolute atomic E-state index is 12.6. The Kier molecular flexibility index (Phi) is 38.8. The Morgan fingerprint density at radius 3 is 1.30 bits per heavy atom. The van der Waals surface area contributed by atoms with Gasteiger partial charge in [-0.1, -0.05) is 137 Å². The third kappa shape index (κ3) is 40.9. The first-order valence-corrected chi connectivity index (χ1v) is 22.7. The van der Waals surface area contributed by atoms with Crippen LogP contribution in [0.5, 0.6) is 0 Å². The Morgan fingerprint density at radius 2 is 0.895 bits per heavy atom. The fraction of sp³-hybridized carbons (Fsp3) is 0.609. The Hall–Kier alpha value is -3.11. The lowest BCUT2D eigenvalue weighted by atomic mass is 10.2. The quantitative estimate of drug-likeness (QED) is 0.0238. The van der Waals surface area contributed by atoms with Gasteiger partial charge in [-0.05, 0) is 89.9 Å². The summed E-state index contributed by atoms with van der Waals surface area (Å²) in [6.07, 6.45) is 49.6. The number of hydrogen-bond acceptors (Lipinski definition) is 9. The van der Waals surface area contributed by atoms with E-state index in [0.29, 0.717) is 25.7 Å². The molecule has 0 bridgehead atoms. The van der Waals surface area contributed by atoms with E-state index in [1.54, 1.807) is 0 Å². The van der Waals surface area contributed by atoms with Crippen molar-refractivity contribution in [1.82, 2.24) is 0 Å². The molecule has 3 atom stereocenters. The van der Waals surface area contributed by atoms with E-state index in [1.807, 2.05) is 18.2 Å². The van der Waals surface area contributed by atoms with Crippen LogP contribution in [-0.2, 0) is 32.7 Å². The second kappa shape index (κ2) is 41.1. The molecule has 0 aromatic rings. The lowest BCUT2D eigenvalue weighted by Crippen LogP contribution is -2.29. The maximum Gasteiger partial charge on any atom is 0.472 e. The number of aliphatic hydroxyl groups excluding tert-OH is 2. The molecular weight excluding hydrogens is 743 g/mol. The number of unbranched alkanes of at least 4 members (excludes halogenated alkanes) is 8.